The van der Waals surface area contributed by atoms with E-state index in [1.54, 1.807) is 19.0 Å². The molecule has 0 saturated carbocycles. The topological polar surface area (TPSA) is 71.0 Å². The Hall–Kier alpha value is -2.81. The van der Waals surface area contributed by atoms with E-state index in [9.17, 15) is 14.9 Å². The van der Waals surface area contributed by atoms with Crippen LogP contribution in [0.3, 0.4) is 0 Å². The van der Waals surface area contributed by atoms with Crippen molar-refractivity contribution in [3.05, 3.63) is 61.8 Å². The number of aromatic nitrogens is 2. The summed E-state index contributed by atoms with van der Waals surface area (Å²) in [6.45, 7) is 2.50. The van der Waals surface area contributed by atoms with Crippen molar-refractivity contribution in [2.75, 3.05) is 11.9 Å². The Morgan fingerprint density at radius 3 is 2.41 bits per heavy atom. The molecule has 0 aliphatic rings. The first-order valence-electron chi connectivity index (χ1n) is 6.84. The fourth-order valence-electron chi connectivity index (χ4n) is 2.50. The molecule has 114 valence electrons. The van der Waals surface area contributed by atoms with Gasteiger partial charge >= 0.3 is 5.69 Å². The molecule has 0 amide bonds. The van der Waals surface area contributed by atoms with Crippen LogP contribution in [0.5, 0.6) is 0 Å². The number of aryl methyl sites for hydroxylation is 1. The van der Waals surface area contributed by atoms with Gasteiger partial charge in [-0.15, -0.1) is 0 Å². The fourth-order valence-corrected chi connectivity index (χ4v) is 2.50. The normalized spacial score (nSPS) is 10.3. The minimum absolute atomic E-state index is 0.0271. The predicted octanol–water partition coefficient (Wildman–Crippen LogP) is 0.900. The van der Waals surface area contributed by atoms with Gasteiger partial charge in [-0.05, 0) is 18.1 Å². The van der Waals surface area contributed by atoms with Crippen molar-refractivity contribution in [2.45, 2.75) is 13.5 Å². The number of hydrogen-bond acceptors (Lipinski definition) is 4. The molecule has 2 rings (SSSR count). The van der Waals surface area contributed by atoms with Gasteiger partial charge in [0.25, 0.3) is 5.56 Å². The first kappa shape index (κ1) is 15.6. The van der Waals surface area contributed by atoms with Crippen LogP contribution < -0.4 is 16.1 Å². The molecule has 0 spiro atoms. The lowest BCUT2D eigenvalue weighted by Crippen LogP contribution is -2.41. The van der Waals surface area contributed by atoms with Gasteiger partial charge in [0, 0.05) is 27.7 Å². The third kappa shape index (κ3) is 2.53. The van der Waals surface area contributed by atoms with E-state index in [0.717, 1.165) is 15.7 Å². The second-order valence-corrected chi connectivity index (χ2v) is 5.30. The number of anilines is 1. The van der Waals surface area contributed by atoms with E-state index in [0.29, 0.717) is 12.4 Å². The van der Waals surface area contributed by atoms with Crippen molar-refractivity contribution >= 4 is 5.82 Å². The lowest BCUT2D eigenvalue weighted by atomic mass is 10.1. The maximum Gasteiger partial charge on any atom is 0.332 e. The molecule has 6 nitrogen and oxygen atoms in total. The summed E-state index contributed by atoms with van der Waals surface area (Å²) in [7, 11) is 4.70. The average molecular weight is 298 g/mol. The summed E-state index contributed by atoms with van der Waals surface area (Å²) in [6.07, 6.45) is 0. The Bertz CT molecular complexity index is 871. The molecule has 0 fully saturated rings. The molecule has 0 atom stereocenters. The van der Waals surface area contributed by atoms with E-state index in [-0.39, 0.29) is 5.56 Å². The van der Waals surface area contributed by atoms with Crippen molar-refractivity contribution in [1.29, 1.82) is 5.26 Å². The summed E-state index contributed by atoms with van der Waals surface area (Å²) < 4.78 is 2.28. The minimum Gasteiger partial charge on any atom is -0.355 e. The molecular weight excluding hydrogens is 280 g/mol. The molecular formula is C16H18N4O2. The monoisotopic (exact) mass is 298 g/mol. The Labute approximate surface area is 128 Å². The molecule has 0 bridgehead atoms. The number of benzene rings is 1. The zero-order valence-corrected chi connectivity index (χ0v) is 13.1. The summed E-state index contributed by atoms with van der Waals surface area (Å²) in [5, 5.41) is 9.30. The van der Waals surface area contributed by atoms with E-state index in [1.165, 1.54) is 11.6 Å². The van der Waals surface area contributed by atoms with E-state index in [4.69, 9.17) is 0 Å². The quantitative estimate of drug-likeness (QED) is 0.844. The first-order chi connectivity index (χ1) is 10.4. The van der Waals surface area contributed by atoms with Crippen LogP contribution in [0.1, 0.15) is 16.7 Å². The van der Waals surface area contributed by atoms with E-state index in [1.807, 2.05) is 37.3 Å². The van der Waals surface area contributed by atoms with Crippen LogP contribution in [-0.4, -0.2) is 16.2 Å². The molecule has 0 unspecified atom stereocenters. The summed E-state index contributed by atoms with van der Waals surface area (Å²) in [6, 6.07) is 9.79. The number of hydrogen-bond donors (Lipinski definition) is 0. The summed E-state index contributed by atoms with van der Waals surface area (Å²) in [4.78, 5) is 26.0. The molecule has 0 aliphatic heterocycles. The third-order valence-corrected chi connectivity index (χ3v) is 3.78. The highest BCUT2D eigenvalue weighted by Gasteiger charge is 2.19. The second kappa shape index (κ2) is 5.90. The van der Waals surface area contributed by atoms with Gasteiger partial charge < -0.3 is 4.90 Å². The van der Waals surface area contributed by atoms with Crippen LogP contribution in [0.15, 0.2) is 33.9 Å². The van der Waals surface area contributed by atoms with Crippen LogP contribution in [0.4, 0.5) is 5.82 Å². The molecule has 22 heavy (non-hydrogen) atoms. The molecule has 0 saturated heterocycles. The predicted molar refractivity (Wildman–Crippen MR) is 84.9 cm³/mol. The minimum atomic E-state index is -0.572. The van der Waals surface area contributed by atoms with Crippen LogP contribution in [-0.2, 0) is 20.6 Å². The van der Waals surface area contributed by atoms with Crippen molar-refractivity contribution in [3.8, 4) is 6.07 Å². The highest BCUT2D eigenvalue weighted by Crippen LogP contribution is 2.17. The Morgan fingerprint density at radius 2 is 1.82 bits per heavy atom. The smallest absolute Gasteiger partial charge is 0.332 e. The van der Waals surface area contributed by atoms with Crippen molar-refractivity contribution in [2.24, 2.45) is 14.1 Å². The Balaban J connectivity index is 2.58. The molecule has 0 aliphatic carbocycles. The summed E-state index contributed by atoms with van der Waals surface area (Å²) in [5.74, 6) is 0.332. The number of nitriles is 1. The highest BCUT2D eigenvalue weighted by atomic mass is 16.2. The lowest BCUT2D eigenvalue weighted by Gasteiger charge is -2.24. The van der Waals surface area contributed by atoms with Gasteiger partial charge in [-0.2, -0.15) is 5.26 Å². The van der Waals surface area contributed by atoms with Crippen molar-refractivity contribution in [3.63, 3.8) is 0 Å². The number of rotatable bonds is 3. The maximum atomic E-state index is 12.1. The van der Waals surface area contributed by atoms with Crippen molar-refractivity contribution in [1.82, 2.24) is 9.13 Å². The number of nitrogens with zero attached hydrogens (tertiary/aromatic N) is 4. The van der Waals surface area contributed by atoms with E-state index < -0.39 is 11.2 Å². The molecule has 0 radical (unpaired) electrons. The van der Waals surface area contributed by atoms with Gasteiger partial charge in [0.2, 0.25) is 0 Å². The van der Waals surface area contributed by atoms with Crippen LogP contribution in [0, 0.1) is 18.3 Å². The van der Waals surface area contributed by atoms with Gasteiger partial charge in [0.15, 0.2) is 5.56 Å². The molecule has 1 aromatic heterocycles. The van der Waals surface area contributed by atoms with E-state index in [2.05, 4.69) is 0 Å². The summed E-state index contributed by atoms with van der Waals surface area (Å²) >= 11 is 0. The largest absolute Gasteiger partial charge is 0.355 e. The summed E-state index contributed by atoms with van der Waals surface area (Å²) in [5.41, 5.74) is 1.14. The van der Waals surface area contributed by atoms with Crippen molar-refractivity contribution < 1.29 is 0 Å². The molecule has 1 aromatic carbocycles. The third-order valence-electron chi connectivity index (χ3n) is 3.78. The van der Waals surface area contributed by atoms with Gasteiger partial charge in [-0.3, -0.25) is 13.9 Å². The Kier molecular flexibility index (Phi) is 4.18. The van der Waals surface area contributed by atoms with Crippen LogP contribution in [0.2, 0.25) is 0 Å². The average Bonchev–Trinajstić information content (AvgIpc) is 2.50. The van der Waals surface area contributed by atoms with Gasteiger partial charge in [0.1, 0.15) is 11.9 Å². The molecule has 1 heterocycles. The second-order valence-electron chi connectivity index (χ2n) is 5.30. The van der Waals surface area contributed by atoms with Crippen LogP contribution >= 0.6 is 0 Å². The standard InChI is InChI=1S/C16H18N4O2/c1-11-7-5-6-8-12(11)10-18(2)14-13(9-17)15(21)20(4)16(22)19(14)3/h5-8H,10H2,1-4H3. The highest BCUT2D eigenvalue weighted by molar-refractivity contribution is 5.53. The zero-order valence-electron chi connectivity index (χ0n) is 13.1. The molecule has 2 aromatic rings. The van der Waals surface area contributed by atoms with E-state index >= 15 is 0 Å². The Morgan fingerprint density at radius 1 is 1.18 bits per heavy atom. The molecule has 6 heteroatoms. The van der Waals surface area contributed by atoms with Gasteiger partial charge in [-0.25, -0.2) is 4.79 Å². The lowest BCUT2D eigenvalue weighted by molar-refractivity contribution is 0.666. The molecule has 0 N–H and O–H groups in total. The SMILES string of the molecule is Cc1ccccc1CN(C)c1c(C#N)c(=O)n(C)c(=O)n1C. The first-order valence-corrected chi connectivity index (χ1v) is 6.84. The van der Waals surface area contributed by atoms with Gasteiger partial charge in [-0.1, -0.05) is 24.3 Å². The zero-order chi connectivity index (χ0) is 16.4. The fraction of sp³-hybridized carbons (Fsp3) is 0.312. The maximum absolute atomic E-state index is 12.1. The van der Waals surface area contributed by atoms with Gasteiger partial charge in [0.05, 0.1) is 0 Å². The van der Waals surface area contributed by atoms with Crippen LogP contribution in [0.25, 0.3) is 0 Å².